The van der Waals surface area contributed by atoms with Gasteiger partial charge in [-0.25, -0.2) is 8.42 Å². The molecule has 32 heavy (non-hydrogen) atoms. The maximum Gasteiger partial charge on any atom is 0.243 e. The van der Waals surface area contributed by atoms with Gasteiger partial charge < -0.3 is 9.30 Å². The molecule has 0 spiro atoms. The Morgan fingerprint density at radius 1 is 0.969 bits per heavy atom. The highest BCUT2D eigenvalue weighted by Crippen LogP contribution is 2.26. The molecule has 0 saturated carbocycles. The smallest absolute Gasteiger partial charge is 0.243 e. The number of benzene rings is 2. The molecular formula is C25H30N2O4S. The van der Waals surface area contributed by atoms with Crippen LogP contribution in [0.15, 0.2) is 47.4 Å². The van der Waals surface area contributed by atoms with E-state index in [9.17, 15) is 13.2 Å². The zero-order valence-corrected chi connectivity index (χ0v) is 20.5. The quantitative estimate of drug-likeness (QED) is 0.492. The van der Waals surface area contributed by atoms with Crippen molar-refractivity contribution in [3.8, 4) is 11.4 Å². The van der Waals surface area contributed by atoms with Crippen LogP contribution in [-0.2, 0) is 10.0 Å². The summed E-state index contributed by atoms with van der Waals surface area (Å²) in [6, 6.07) is 13.1. The number of likely N-dealkylation sites (N-methyl/N-ethyl adjacent to an activating group) is 1. The Morgan fingerprint density at radius 2 is 1.53 bits per heavy atom. The lowest BCUT2D eigenvalue weighted by molar-refractivity contribution is 0.0972. The van der Waals surface area contributed by atoms with E-state index in [0.29, 0.717) is 16.7 Å². The molecule has 0 atom stereocenters. The lowest BCUT2D eigenvalue weighted by atomic mass is 10.1. The van der Waals surface area contributed by atoms with Crippen molar-refractivity contribution in [1.29, 1.82) is 0 Å². The van der Waals surface area contributed by atoms with E-state index in [0.717, 1.165) is 32.7 Å². The summed E-state index contributed by atoms with van der Waals surface area (Å²) in [6.45, 7) is 9.06. The van der Waals surface area contributed by atoms with Gasteiger partial charge in [0.15, 0.2) is 5.78 Å². The first-order valence-corrected chi connectivity index (χ1v) is 11.8. The van der Waals surface area contributed by atoms with Gasteiger partial charge >= 0.3 is 0 Å². The molecule has 0 N–H and O–H groups in total. The Morgan fingerprint density at radius 3 is 2.06 bits per heavy atom. The Balaban J connectivity index is 1.90. The first-order valence-electron chi connectivity index (χ1n) is 10.4. The third kappa shape index (κ3) is 4.36. The van der Waals surface area contributed by atoms with Gasteiger partial charge in [-0.15, -0.1) is 0 Å². The van der Waals surface area contributed by atoms with Crippen LogP contribution in [0.5, 0.6) is 5.75 Å². The molecule has 6 nitrogen and oxygen atoms in total. The fourth-order valence-electron chi connectivity index (χ4n) is 4.28. The molecule has 0 aliphatic carbocycles. The molecule has 3 aromatic rings. The largest absolute Gasteiger partial charge is 0.497 e. The molecule has 0 fully saturated rings. The molecule has 0 bridgehead atoms. The maximum absolute atomic E-state index is 13.2. The van der Waals surface area contributed by atoms with Crippen LogP contribution in [0.4, 0.5) is 0 Å². The minimum Gasteiger partial charge on any atom is -0.497 e. The van der Waals surface area contributed by atoms with Crippen LogP contribution < -0.4 is 4.74 Å². The molecule has 0 saturated heterocycles. The highest BCUT2D eigenvalue weighted by atomic mass is 32.2. The van der Waals surface area contributed by atoms with Crippen molar-refractivity contribution in [3.05, 3.63) is 76.1 Å². The summed E-state index contributed by atoms with van der Waals surface area (Å²) in [7, 11) is -0.738. The van der Waals surface area contributed by atoms with Gasteiger partial charge in [-0.3, -0.25) is 4.79 Å². The molecule has 2 aromatic carbocycles. The number of rotatable bonds is 7. The van der Waals surface area contributed by atoms with E-state index < -0.39 is 10.0 Å². The molecule has 170 valence electrons. The first-order chi connectivity index (χ1) is 15.0. The van der Waals surface area contributed by atoms with E-state index in [1.807, 2.05) is 67.8 Å². The third-order valence-corrected chi connectivity index (χ3v) is 7.81. The van der Waals surface area contributed by atoms with E-state index in [-0.39, 0.29) is 17.2 Å². The fraction of sp³-hybridized carbons (Fsp3) is 0.320. The van der Waals surface area contributed by atoms with Crippen molar-refractivity contribution < 1.29 is 17.9 Å². The second-order valence-corrected chi connectivity index (χ2v) is 10.2. The molecule has 7 heteroatoms. The van der Waals surface area contributed by atoms with Crippen molar-refractivity contribution in [1.82, 2.24) is 8.87 Å². The van der Waals surface area contributed by atoms with Gasteiger partial charge in [0.05, 0.1) is 18.6 Å². The highest BCUT2D eigenvalue weighted by Gasteiger charge is 2.28. The summed E-state index contributed by atoms with van der Waals surface area (Å²) < 4.78 is 34.8. The van der Waals surface area contributed by atoms with Gasteiger partial charge in [-0.05, 0) is 76.1 Å². The van der Waals surface area contributed by atoms with Crippen LogP contribution in [0.25, 0.3) is 5.69 Å². The molecule has 0 radical (unpaired) electrons. The average molecular weight is 455 g/mol. The van der Waals surface area contributed by atoms with E-state index in [4.69, 9.17) is 4.74 Å². The molecular weight excluding hydrogens is 424 g/mol. The Hall–Kier alpha value is -2.90. The molecule has 3 rings (SSSR count). The predicted octanol–water partition coefficient (Wildman–Crippen LogP) is 4.53. The lowest BCUT2D eigenvalue weighted by Crippen LogP contribution is -2.33. The van der Waals surface area contributed by atoms with Gasteiger partial charge in [0, 0.05) is 29.7 Å². The minimum absolute atomic E-state index is 0.234. The second kappa shape index (κ2) is 8.92. The van der Waals surface area contributed by atoms with Crippen LogP contribution in [0, 0.1) is 34.6 Å². The Kier molecular flexibility index (Phi) is 6.62. The number of ether oxygens (including phenoxy) is 1. The van der Waals surface area contributed by atoms with Gasteiger partial charge in [-0.2, -0.15) is 4.31 Å². The standard InChI is InChI=1S/C25H30N2O4S/c1-16-12-17(2)25(18(3)13-16)32(29,30)26(6)15-24(28)23-14-19(4)27(20(23)5)21-8-10-22(31-7)11-9-21/h8-14H,15H2,1-7H3. The molecule has 0 unspecified atom stereocenters. The second-order valence-electron chi connectivity index (χ2n) is 8.23. The molecule has 1 aromatic heterocycles. The topological polar surface area (TPSA) is 68.6 Å². The van der Waals surface area contributed by atoms with E-state index >= 15 is 0 Å². The van der Waals surface area contributed by atoms with Crippen molar-refractivity contribution in [2.45, 2.75) is 39.5 Å². The number of hydrogen-bond acceptors (Lipinski definition) is 4. The van der Waals surface area contributed by atoms with E-state index in [1.165, 1.54) is 7.05 Å². The fourth-order valence-corrected chi connectivity index (χ4v) is 5.81. The van der Waals surface area contributed by atoms with Crippen LogP contribution >= 0.6 is 0 Å². The SMILES string of the molecule is COc1ccc(-n2c(C)cc(C(=O)CN(C)S(=O)(=O)c3c(C)cc(C)cc3C)c2C)cc1. The summed E-state index contributed by atoms with van der Waals surface area (Å²) in [6.07, 6.45) is 0. The van der Waals surface area contributed by atoms with Gasteiger partial charge in [-0.1, -0.05) is 17.7 Å². The third-order valence-electron chi connectivity index (χ3n) is 5.70. The molecule has 1 heterocycles. The summed E-state index contributed by atoms with van der Waals surface area (Å²) in [5.74, 6) is 0.507. The lowest BCUT2D eigenvalue weighted by Gasteiger charge is -2.20. The zero-order valence-electron chi connectivity index (χ0n) is 19.7. The van der Waals surface area contributed by atoms with Crippen LogP contribution in [0.3, 0.4) is 0 Å². The van der Waals surface area contributed by atoms with Gasteiger partial charge in [0.1, 0.15) is 5.75 Å². The molecule has 0 amide bonds. The number of nitrogens with zero attached hydrogens (tertiary/aromatic N) is 2. The number of ketones is 1. The van der Waals surface area contributed by atoms with Crippen LogP contribution in [0.1, 0.15) is 38.4 Å². The zero-order chi connectivity index (χ0) is 23.8. The van der Waals surface area contributed by atoms with E-state index in [2.05, 4.69) is 0 Å². The van der Waals surface area contributed by atoms with Crippen LogP contribution in [-0.4, -0.2) is 43.8 Å². The molecule has 0 aliphatic rings. The van der Waals surface area contributed by atoms with Crippen molar-refractivity contribution in [2.24, 2.45) is 0 Å². The highest BCUT2D eigenvalue weighted by molar-refractivity contribution is 7.89. The first kappa shape index (κ1) is 23.8. The van der Waals surface area contributed by atoms with Crippen molar-refractivity contribution in [3.63, 3.8) is 0 Å². The summed E-state index contributed by atoms with van der Waals surface area (Å²) in [4.78, 5) is 13.4. The summed E-state index contributed by atoms with van der Waals surface area (Å²) in [5, 5.41) is 0. The summed E-state index contributed by atoms with van der Waals surface area (Å²) in [5.41, 5.74) is 5.45. The monoisotopic (exact) mass is 454 g/mol. The normalized spacial score (nSPS) is 11.8. The number of sulfonamides is 1. The van der Waals surface area contributed by atoms with E-state index in [1.54, 1.807) is 21.0 Å². The van der Waals surface area contributed by atoms with Crippen LogP contribution in [0.2, 0.25) is 0 Å². The predicted molar refractivity (Wildman–Crippen MR) is 127 cm³/mol. The van der Waals surface area contributed by atoms with Gasteiger partial charge in [0.25, 0.3) is 0 Å². The Bertz CT molecular complexity index is 1250. The number of aromatic nitrogens is 1. The number of carbonyl (C=O) groups is 1. The maximum atomic E-state index is 13.2. The number of aryl methyl sites for hydroxylation is 4. The minimum atomic E-state index is -3.80. The molecule has 0 aliphatic heterocycles. The average Bonchev–Trinajstić information content (AvgIpc) is 3.01. The summed E-state index contributed by atoms with van der Waals surface area (Å²) >= 11 is 0. The number of methoxy groups -OCH3 is 1. The van der Waals surface area contributed by atoms with Crippen molar-refractivity contribution >= 4 is 15.8 Å². The number of Topliss-reactive ketones (excluding diaryl/α,β-unsaturated/α-hetero) is 1. The number of hydrogen-bond donors (Lipinski definition) is 0. The Labute approximate surface area is 190 Å². The number of carbonyl (C=O) groups excluding carboxylic acids is 1. The van der Waals surface area contributed by atoms with Gasteiger partial charge in [0.2, 0.25) is 10.0 Å². The van der Waals surface area contributed by atoms with Crippen molar-refractivity contribution in [2.75, 3.05) is 20.7 Å².